The zero-order valence-corrected chi connectivity index (χ0v) is 38.0. The largest absolute Gasteiger partial charge is 0.486 e. The van der Waals surface area contributed by atoms with Gasteiger partial charge in [-0.15, -0.1) is 0 Å². The number of aromatic nitrogens is 4. The summed E-state index contributed by atoms with van der Waals surface area (Å²) in [5, 5.41) is 48.1. The minimum absolute atomic E-state index is 0.00647. The van der Waals surface area contributed by atoms with Crippen molar-refractivity contribution in [1.29, 1.82) is 0 Å². The molecule has 366 valence electrons. The number of nitrogens with two attached hydrogens (primary N) is 1. The zero-order valence-electron chi connectivity index (χ0n) is 34.5. The standard InChI is InChI=1S/C31H44N9O22P3S/c1-16(11-57-19-5-4-17(39(46)47)10-18(19)40(48)49)30(45)66-9-8-33-21(41)6-7-34-28(44)25(43)31(2,3)13-59-65(55,56)62-64(53,54)58-12-20-24(61-63(50,51)52)23(42)29(60-20)38-15-37-22-26(32)35-14-36-27(22)38/h4-5,10,14-16,20,23-25,29,42-43H,6-9,11-13H2,1-3H3,(H,33,41)(H,34,44)(H,53,54)(H,55,56)(H2,32,35,36)(H2,50,51,52)/t16-,20-,23-,24-,25+,29-/m1/s1. The second kappa shape index (κ2) is 22.5. The van der Waals surface area contributed by atoms with Crippen molar-refractivity contribution < 1.29 is 95.1 Å². The Bertz CT molecular complexity index is 2420. The number of nitrogen functional groups attached to an aromatic ring is 1. The molecule has 0 saturated carbocycles. The maximum Gasteiger partial charge on any atom is 0.481 e. The molecular weight excluding hydrogens is 975 g/mol. The van der Waals surface area contributed by atoms with E-state index in [0.717, 1.165) is 47.2 Å². The van der Waals surface area contributed by atoms with Crippen molar-refractivity contribution in [2.24, 2.45) is 11.3 Å². The molecule has 0 spiro atoms. The van der Waals surface area contributed by atoms with Gasteiger partial charge in [-0.3, -0.25) is 52.8 Å². The van der Waals surface area contributed by atoms with Gasteiger partial charge in [-0.2, -0.15) is 4.31 Å². The summed E-state index contributed by atoms with van der Waals surface area (Å²) in [6, 6.07) is 2.80. The van der Waals surface area contributed by atoms with Gasteiger partial charge in [0.1, 0.15) is 36.3 Å². The third-order valence-corrected chi connectivity index (χ3v) is 13.2. The summed E-state index contributed by atoms with van der Waals surface area (Å²) in [6.45, 7) is 1.20. The van der Waals surface area contributed by atoms with E-state index in [9.17, 15) is 78.1 Å². The van der Waals surface area contributed by atoms with E-state index >= 15 is 0 Å². The number of nitro benzene ring substituents is 2. The summed E-state index contributed by atoms with van der Waals surface area (Å²) in [7, 11) is -16.5. The molecule has 0 aliphatic carbocycles. The minimum Gasteiger partial charge on any atom is -0.486 e. The topological polar surface area (TPSA) is 459 Å². The first kappa shape index (κ1) is 54.0. The number of carbonyl (C=O) groups is 3. The molecule has 1 aliphatic heterocycles. The quantitative estimate of drug-likeness (QED) is 0.0237. The number of hydrogen-bond acceptors (Lipinski definition) is 23. The molecule has 0 bridgehead atoms. The lowest BCUT2D eigenvalue weighted by molar-refractivity contribution is -0.394. The van der Waals surface area contributed by atoms with Crippen molar-refractivity contribution in [3.05, 3.63) is 51.1 Å². The van der Waals surface area contributed by atoms with Crippen LogP contribution in [0.25, 0.3) is 11.2 Å². The lowest BCUT2D eigenvalue weighted by Crippen LogP contribution is -2.46. The smallest absolute Gasteiger partial charge is 0.481 e. The number of anilines is 1. The van der Waals surface area contributed by atoms with Crippen molar-refractivity contribution in [2.45, 2.75) is 57.8 Å². The second-order valence-corrected chi connectivity index (χ2v) is 20.0. The van der Waals surface area contributed by atoms with Gasteiger partial charge in [0.05, 0.1) is 48.0 Å². The maximum absolute atomic E-state index is 12.7. The number of aliphatic hydroxyl groups is 2. The van der Waals surface area contributed by atoms with Crippen LogP contribution in [0.5, 0.6) is 5.75 Å². The molecular formula is C31H44N9O22P3S. The van der Waals surface area contributed by atoms with Gasteiger partial charge in [-0.05, 0) is 6.07 Å². The van der Waals surface area contributed by atoms with E-state index in [1.807, 2.05) is 0 Å². The Morgan fingerprint density at radius 2 is 1.71 bits per heavy atom. The molecule has 31 nitrogen and oxygen atoms in total. The number of phosphoric ester groups is 3. The number of fused-ring (bicyclic) bond motifs is 1. The van der Waals surface area contributed by atoms with E-state index < -0.39 is 112 Å². The fourth-order valence-corrected chi connectivity index (χ4v) is 9.18. The first-order chi connectivity index (χ1) is 30.6. The van der Waals surface area contributed by atoms with Crippen LogP contribution in [0.1, 0.15) is 33.4 Å². The lowest BCUT2D eigenvalue weighted by atomic mass is 9.87. The molecule has 1 aromatic carbocycles. The first-order valence-corrected chi connectivity index (χ1v) is 24.2. The van der Waals surface area contributed by atoms with E-state index in [4.69, 9.17) is 24.3 Å². The van der Waals surface area contributed by atoms with Crippen LogP contribution in [0.4, 0.5) is 17.2 Å². The maximum atomic E-state index is 12.7. The number of ether oxygens (including phenoxy) is 2. The fraction of sp³-hybridized carbons (Fsp3) is 0.548. The molecule has 1 saturated heterocycles. The Hall–Kier alpha value is -4.62. The highest BCUT2D eigenvalue weighted by Crippen LogP contribution is 2.61. The SMILES string of the molecule is C[C@H](COc1ccc([N+](=O)[O-])cc1[N+](=O)[O-])C(=O)SCCNC(=O)CCNC(=O)[C@H](O)C(C)(C)COP(=O)(O)OP(=O)(O)OC[C@H]1O[C@@H](n2cnc3c(N)ncnc32)[C@H](O)[C@@H]1OP(=O)(O)O. The van der Waals surface area contributed by atoms with Gasteiger partial charge in [0.25, 0.3) is 5.69 Å². The average molecular weight is 1020 g/mol. The van der Waals surface area contributed by atoms with Gasteiger partial charge in [0.2, 0.25) is 11.8 Å². The van der Waals surface area contributed by atoms with Gasteiger partial charge in [-0.1, -0.05) is 32.5 Å². The summed E-state index contributed by atoms with van der Waals surface area (Å²) < 4.78 is 67.5. The number of amides is 2. The highest BCUT2D eigenvalue weighted by atomic mass is 32.2. The second-order valence-electron chi connectivity index (χ2n) is 14.6. The van der Waals surface area contributed by atoms with Crippen LogP contribution < -0.4 is 21.1 Å². The van der Waals surface area contributed by atoms with E-state index in [2.05, 4.69) is 34.4 Å². The van der Waals surface area contributed by atoms with Crippen molar-refractivity contribution in [3.63, 3.8) is 0 Å². The summed E-state index contributed by atoms with van der Waals surface area (Å²) in [5.74, 6) is -2.61. The van der Waals surface area contributed by atoms with E-state index in [-0.39, 0.29) is 59.7 Å². The number of aliphatic hydroxyl groups excluding tert-OH is 2. The number of carbonyl (C=O) groups excluding carboxylic acids is 3. The van der Waals surface area contributed by atoms with Crippen LogP contribution in [0.3, 0.4) is 0 Å². The van der Waals surface area contributed by atoms with Crippen molar-refractivity contribution >= 4 is 80.5 Å². The third-order valence-electron chi connectivity index (χ3n) is 8.99. The summed E-state index contributed by atoms with van der Waals surface area (Å²) in [5.41, 5.74) is 2.97. The predicted molar refractivity (Wildman–Crippen MR) is 222 cm³/mol. The van der Waals surface area contributed by atoms with Gasteiger partial charge in [-0.25, -0.2) is 28.6 Å². The zero-order chi connectivity index (χ0) is 49.4. The van der Waals surface area contributed by atoms with Crippen LogP contribution in [-0.2, 0) is 50.7 Å². The van der Waals surface area contributed by atoms with E-state index in [1.54, 1.807) is 0 Å². The Labute approximate surface area is 375 Å². The highest BCUT2D eigenvalue weighted by molar-refractivity contribution is 8.13. The number of rotatable bonds is 25. The molecule has 1 fully saturated rings. The Kier molecular flexibility index (Phi) is 18.4. The Balaban J connectivity index is 1.18. The predicted octanol–water partition coefficient (Wildman–Crippen LogP) is 0.196. The average Bonchev–Trinajstić information content (AvgIpc) is 3.79. The number of benzene rings is 1. The van der Waals surface area contributed by atoms with Crippen LogP contribution in [0, 0.1) is 31.6 Å². The number of imidazole rings is 1. The molecule has 2 aromatic heterocycles. The number of hydrogen-bond donors (Lipinski definition) is 9. The molecule has 10 N–H and O–H groups in total. The summed E-state index contributed by atoms with van der Waals surface area (Å²) >= 11 is 0.827. The molecule has 3 aromatic rings. The monoisotopic (exact) mass is 1020 g/mol. The van der Waals surface area contributed by atoms with Gasteiger partial charge < -0.3 is 55.6 Å². The number of thioether (sulfide) groups is 1. The van der Waals surface area contributed by atoms with E-state index in [1.165, 1.54) is 20.8 Å². The number of phosphoric acid groups is 3. The number of non-ortho nitro benzene ring substituents is 1. The van der Waals surface area contributed by atoms with Gasteiger partial charge in [0, 0.05) is 36.7 Å². The van der Waals surface area contributed by atoms with Crippen LogP contribution >= 0.6 is 35.2 Å². The molecule has 3 heterocycles. The Morgan fingerprint density at radius 3 is 2.36 bits per heavy atom. The van der Waals surface area contributed by atoms with Crippen molar-refractivity contribution in [2.75, 3.05) is 44.4 Å². The lowest BCUT2D eigenvalue weighted by Gasteiger charge is -2.30. The first-order valence-electron chi connectivity index (χ1n) is 18.7. The molecule has 35 heteroatoms. The third kappa shape index (κ3) is 15.2. The molecule has 2 amide bonds. The molecule has 8 atom stereocenters. The molecule has 4 rings (SSSR count). The number of nitro groups is 2. The van der Waals surface area contributed by atoms with Gasteiger partial charge >= 0.3 is 29.2 Å². The summed E-state index contributed by atoms with van der Waals surface area (Å²) in [6.07, 6.45) is -7.28. The van der Waals surface area contributed by atoms with Crippen molar-refractivity contribution in [3.8, 4) is 5.75 Å². The molecule has 2 unspecified atom stereocenters. The van der Waals surface area contributed by atoms with Gasteiger partial charge in [0.15, 0.2) is 28.6 Å². The van der Waals surface area contributed by atoms with Crippen LogP contribution in [0.2, 0.25) is 0 Å². The van der Waals surface area contributed by atoms with Crippen LogP contribution in [0.15, 0.2) is 30.9 Å². The summed E-state index contributed by atoms with van der Waals surface area (Å²) in [4.78, 5) is 109. The molecule has 66 heavy (non-hydrogen) atoms. The molecule has 0 radical (unpaired) electrons. The fourth-order valence-electron chi connectivity index (χ4n) is 5.59. The normalized spacial score (nSPS) is 20.4. The van der Waals surface area contributed by atoms with E-state index in [0.29, 0.717) is 0 Å². The highest BCUT2D eigenvalue weighted by Gasteiger charge is 2.50. The Morgan fingerprint density at radius 1 is 1.03 bits per heavy atom. The minimum atomic E-state index is -5.62. The van der Waals surface area contributed by atoms with Crippen molar-refractivity contribution in [1.82, 2.24) is 30.2 Å². The number of nitrogens with one attached hydrogen (secondary N) is 2. The number of nitrogens with zero attached hydrogens (tertiary/aromatic N) is 6. The molecule has 1 aliphatic rings. The van der Waals surface area contributed by atoms with Crippen LogP contribution in [-0.4, -0.2) is 139 Å².